The zero-order valence-electron chi connectivity index (χ0n) is 12.1. The average Bonchev–Trinajstić information content (AvgIpc) is 2.40. The summed E-state index contributed by atoms with van der Waals surface area (Å²) in [4.78, 5) is 0. The molecule has 0 N–H and O–H groups in total. The van der Waals surface area contributed by atoms with Gasteiger partial charge in [0.05, 0.1) is 0 Å². The lowest BCUT2D eigenvalue weighted by Gasteiger charge is -2.02. The molecule has 2 aromatic carbocycles. The molecule has 0 saturated heterocycles. The molecule has 0 saturated carbocycles. The first-order valence-corrected chi connectivity index (χ1v) is 6.46. The van der Waals surface area contributed by atoms with E-state index in [1.807, 2.05) is 37.3 Å². The van der Waals surface area contributed by atoms with E-state index in [2.05, 4.69) is 51.3 Å². The van der Waals surface area contributed by atoms with E-state index in [-0.39, 0.29) is 0 Å². The van der Waals surface area contributed by atoms with Crippen molar-refractivity contribution in [1.82, 2.24) is 0 Å². The lowest BCUT2D eigenvalue weighted by molar-refractivity contribution is 1.41. The smallest absolute Gasteiger partial charge is 0.0204 e. The Hall–Kier alpha value is -2.08. The molecule has 0 unspecified atom stereocenters. The fourth-order valence-electron chi connectivity index (χ4n) is 1.87. The van der Waals surface area contributed by atoms with Crippen LogP contribution in [0.1, 0.15) is 29.2 Å². The Balaban J connectivity index is 0.000000191. The van der Waals surface area contributed by atoms with Gasteiger partial charge in [0.15, 0.2) is 0 Å². The summed E-state index contributed by atoms with van der Waals surface area (Å²) in [6, 6.07) is 16.5. The number of hydrogen-bond donors (Lipinski definition) is 0. The summed E-state index contributed by atoms with van der Waals surface area (Å²) < 4.78 is 0. The number of hydrogen-bond acceptors (Lipinski definition) is 0. The first kappa shape index (κ1) is 15.0. The maximum Gasteiger partial charge on any atom is -0.0204 e. The van der Waals surface area contributed by atoms with Crippen LogP contribution in [0.15, 0.2) is 61.7 Å². The lowest BCUT2D eigenvalue weighted by atomic mass is 10.0. The Kier molecular flexibility index (Phi) is 5.81. The molecule has 98 valence electrons. The number of rotatable bonds is 2. The second-order valence-corrected chi connectivity index (χ2v) is 4.66. The fraction of sp³-hybridized carbons (Fsp3) is 0.158. The predicted molar refractivity (Wildman–Crippen MR) is 87.2 cm³/mol. The van der Waals surface area contributed by atoms with E-state index < -0.39 is 0 Å². The predicted octanol–water partition coefficient (Wildman–Crippen LogP) is 5.67. The highest BCUT2D eigenvalue weighted by atomic mass is 14.0. The standard InChI is InChI=1S/C10H12.C9H10/c1-8(2)10-7-5-4-6-9(10)3;1-3-9-7-5-4-6-8(9)2/h4-7H,1H2,2-3H3;3-7H,1H2,2H3. The van der Waals surface area contributed by atoms with Crippen molar-refractivity contribution in [2.75, 3.05) is 0 Å². The molecule has 19 heavy (non-hydrogen) atoms. The van der Waals surface area contributed by atoms with Crippen LogP contribution in [0, 0.1) is 13.8 Å². The van der Waals surface area contributed by atoms with E-state index in [0.29, 0.717) is 0 Å². The van der Waals surface area contributed by atoms with E-state index in [1.54, 1.807) is 0 Å². The van der Waals surface area contributed by atoms with Crippen molar-refractivity contribution in [3.63, 3.8) is 0 Å². The molecule has 0 atom stereocenters. The second-order valence-electron chi connectivity index (χ2n) is 4.66. The summed E-state index contributed by atoms with van der Waals surface area (Å²) in [5, 5.41) is 0. The van der Waals surface area contributed by atoms with Gasteiger partial charge in [0.2, 0.25) is 0 Å². The molecular formula is C19H22. The molecule has 0 spiro atoms. The zero-order valence-corrected chi connectivity index (χ0v) is 12.1. The van der Waals surface area contributed by atoms with Gasteiger partial charge in [-0.15, -0.1) is 0 Å². The van der Waals surface area contributed by atoms with Crippen LogP contribution in [0.5, 0.6) is 0 Å². The van der Waals surface area contributed by atoms with Crippen molar-refractivity contribution < 1.29 is 0 Å². The Morgan fingerprint density at radius 1 is 0.895 bits per heavy atom. The minimum atomic E-state index is 1.14. The molecule has 0 heterocycles. The highest BCUT2D eigenvalue weighted by Gasteiger charge is 1.94. The molecule has 0 aliphatic heterocycles. The number of benzene rings is 2. The maximum atomic E-state index is 3.89. The van der Waals surface area contributed by atoms with E-state index in [1.165, 1.54) is 22.3 Å². The quantitative estimate of drug-likeness (QED) is 0.644. The minimum absolute atomic E-state index is 1.14. The van der Waals surface area contributed by atoms with Crippen LogP contribution in [-0.4, -0.2) is 0 Å². The average molecular weight is 250 g/mol. The second kappa shape index (κ2) is 7.38. The summed E-state index contributed by atoms with van der Waals surface area (Å²) in [6.07, 6.45) is 1.87. The molecular weight excluding hydrogens is 228 g/mol. The molecule has 0 aromatic heterocycles. The van der Waals surface area contributed by atoms with Crippen LogP contribution in [0.3, 0.4) is 0 Å². The van der Waals surface area contributed by atoms with E-state index >= 15 is 0 Å². The molecule has 0 radical (unpaired) electrons. The molecule has 0 bridgehead atoms. The summed E-state index contributed by atoms with van der Waals surface area (Å²) in [5.41, 5.74) is 6.21. The Morgan fingerprint density at radius 2 is 1.42 bits per heavy atom. The van der Waals surface area contributed by atoms with E-state index in [9.17, 15) is 0 Å². The first-order chi connectivity index (χ1) is 9.06. The number of allylic oxidation sites excluding steroid dienone is 1. The van der Waals surface area contributed by atoms with Gasteiger partial charge < -0.3 is 0 Å². The first-order valence-electron chi connectivity index (χ1n) is 6.46. The molecule has 0 fully saturated rings. The molecule has 0 heteroatoms. The van der Waals surface area contributed by atoms with Crippen molar-refractivity contribution in [3.8, 4) is 0 Å². The molecule has 0 aliphatic carbocycles. The van der Waals surface area contributed by atoms with Crippen molar-refractivity contribution in [2.24, 2.45) is 0 Å². The highest BCUT2D eigenvalue weighted by Crippen LogP contribution is 2.14. The van der Waals surface area contributed by atoms with E-state index in [4.69, 9.17) is 0 Å². The van der Waals surface area contributed by atoms with Gasteiger partial charge in [-0.25, -0.2) is 0 Å². The third-order valence-corrected chi connectivity index (χ3v) is 3.01. The topological polar surface area (TPSA) is 0 Å². The van der Waals surface area contributed by atoms with Gasteiger partial charge in [-0.1, -0.05) is 73.3 Å². The minimum Gasteiger partial charge on any atom is -0.0985 e. The van der Waals surface area contributed by atoms with Crippen LogP contribution in [0.4, 0.5) is 0 Å². The number of aryl methyl sites for hydroxylation is 2. The van der Waals surface area contributed by atoms with Gasteiger partial charge in [0, 0.05) is 0 Å². The van der Waals surface area contributed by atoms with Crippen LogP contribution in [0.2, 0.25) is 0 Å². The van der Waals surface area contributed by atoms with Crippen LogP contribution in [-0.2, 0) is 0 Å². The SMILES string of the molecule is C=C(C)c1ccccc1C.C=Cc1ccccc1C. The van der Waals surface area contributed by atoms with Gasteiger partial charge in [0.1, 0.15) is 0 Å². The van der Waals surface area contributed by atoms with Crippen molar-refractivity contribution in [2.45, 2.75) is 20.8 Å². The lowest BCUT2D eigenvalue weighted by Crippen LogP contribution is -1.81. The largest absolute Gasteiger partial charge is 0.0985 e. The van der Waals surface area contributed by atoms with Gasteiger partial charge in [0.25, 0.3) is 0 Å². The van der Waals surface area contributed by atoms with Crippen LogP contribution < -0.4 is 0 Å². The summed E-state index contributed by atoms with van der Waals surface area (Å²) in [7, 11) is 0. The third-order valence-electron chi connectivity index (χ3n) is 3.01. The summed E-state index contributed by atoms with van der Waals surface area (Å²) >= 11 is 0. The van der Waals surface area contributed by atoms with Crippen molar-refractivity contribution in [3.05, 3.63) is 83.9 Å². The van der Waals surface area contributed by atoms with Crippen LogP contribution >= 0.6 is 0 Å². The molecule has 0 aliphatic rings. The molecule has 0 amide bonds. The summed E-state index contributed by atoms with van der Waals surface area (Å²) in [5.74, 6) is 0. The Morgan fingerprint density at radius 3 is 1.79 bits per heavy atom. The van der Waals surface area contributed by atoms with Crippen molar-refractivity contribution in [1.29, 1.82) is 0 Å². The summed E-state index contributed by atoms with van der Waals surface area (Å²) in [6.45, 7) is 13.8. The molecule has 2 rings (SSSR count). The molecule has 2 aromatic rings. The van der Waals surface area contributed by atoms with E-state index in [0.717, 1.165) is 5.57 Å². The van der Waals surface area contributed by atoms with Gasteiger partial charge in [-0.3, -0.25) is 0 Å². The highest BCUT2D eigenvalue weighted by molar-refractivity contribution is 5.64. The third kappa shape index (κ3) is 4.59. The van der Waals surface area contributed by atoms with Crippen molar-refractivity contribution >= 4 is 11.6 Å². The van der Waals surface area contributed by atoms with Gasteiger partial charge in [-0.05, 0) is 43.0 Å². The normalized spacial score (nSPS) is 9.21. The zero-order chi connectivity index (χ0) is 14.3. The van der Waals surface area contributed by atoms with Crippen LogP contribution in [0.25, 0.3) is 11.6 Å². The Bertz CT molecular complexity index is 562. The monoisotopic (exact) mass is 250 g/mol. The Labute approximate surface area is 117 Å². The van der Waals surface area contributed by atoms with Gasteiger partial charge in [-0.2, -0.15) is 0 Å². The van der Waals surface area contributed by atoms with Gasteiger partial charge >= 0.3 is 0 Å². The molecule has 0 nitrogen and oxygen atoms in total. The maximum absolute atomic E-state index is 3.89. The fourth-order valence-corrected chi connectivity index (χ4v) is 1.87.